The third-order valence-corrected chi connectivity index (χ3v) is 3.58. The van der Waals surface area contributed by atoms with E-state index in [1.807, 2.05) is 0 Å². The van der Waals surface area contributed by atoms with Crippen LogP contribution in [0.3, 0.4) is 0 Å². The largest absolute Gasteiger partial charge is 0.469 e. The molecule has 0 saturated heterocycles. The molecule has 1 aromatic carbocycles. The smallest absolute Gasteiger partial charge is 0.319 e. The molecular weight excluding hydrogens is 325 g/mol. The van der Waals surface area contributed by atoms with Crippen molar-refractivity contribution in [1.82, 2.24) is 5.32 Å². The second kappa shape index (κ2) is 8.32. The maximum Gasteiger partial charge on any atom is 0.319 e. The molecule has 0 atom stereocenters. The quantitative estimate of drug-likeness (QED) is 0.734. The summed E-state index contributed by atoms with van der Waals surface area (Å²) in [5.74, 6) is -0.153. The van der Waals surface area contributed by atoms with Crippen LogP contribution in [0.4, 0.5) is 20.6 Å². The van der Waals surface area contributed by atoms with E-state index >= 15 is 0 Å². The molecule has 7 heteroatoms. The molecule has 0 saturated carbocycles. The Hall–Kier alpha value is -2.83. The van der Waals surface area contributed by atoms with Gasteiger partial charge in [0.05, 0.1) is 17.5 Å². The molecule has 134 valence electrons. The highest BCUT2D eigenvalue weighted by Crippen LogP contribution is 2.21. The van der Waals surface area contributed by atoms with E-state index in [1.165, 1.54) is 30.5 Å². The van der Waals surface area contributed by atoms with Gasteiger partial charge in [0, 0.05) is 12.2 Å². The van der Waals surface area contributed by atoms with E-state index < -0.39 is 11.7 Å². The van der Waals surface area contributed by atoms with E-state index in [2.05, 4.69) is 29.8 Å². The standard InChI is InChI=1S/C18H22FN3O3/c1-11(2)6-8-20-18(24)21-13-4-5-15(19)16(10-13)22-17(23)14-7-9-25-12(14)3/h4-5,7,9-11H,6,8H2,1-3H3,(H,22,23)(H2,20,21,24). The first-order valence-electron chi connectivity index (χ1n) is 8.06. The molecule has 3 amide bonds. The zero-order valence-corrected chi connectivity index (χ0v) is 14.5. The molecule has 2 rings (SSSR count). The summed E-state index contributed by atoms with van der Waals surface area (Å²) in [4.78, 5) is 24.0. The van der Waals surface area contributed by atoms with Gasteiger partial charge in [0.1, 0.15) is 11.6 Å². The molecule has 3 N–H and O–H groups in total. The first-order valence-corrected chi connectivity index (χ1v) is 8.06. The topological polar surface area (TPSA) is 83.4 Å². The number of aryl methyl sites for hydroxylation is 1. The first-order chi connectivity index (χ1) is 11.9. The van der Waals surface area contributed by atoms with Crippen molar-refractivity contribution in [3.63, 3.8) is 0 Å². The summed E-state index contributed by atoms with van der Waals surface area (Å²) in [6.45, 7) is 6.32. The van der Waals surface area contributed by atoms with Gasteiger partial charge in [-0.3, -0.25) is 4.79 Å². The summed E-state index contributed by atoms with van der Waals surface area (Å²) in [5, 5.41) is 7.82. The van der Waals surface area contributed by atoms with Crippen LogP contribution < -0.4 is 16.0 Å². The average molecular weight is 347 g/mol. The van der Waals surface area contributed by atoms with Crippen LogP contribution in [-0.4, -0.2) is 18.5 Å². The number of nitrogens with one attached hydrogen (secondary N) is 3. The first kappa shape index (κ1) is 18.5. The van der Waals surface area contributed by atoms with E-state index in [0.717, 1.165) is 6.42 Å². The number of hydrogen-bond donors (Lipinski definition) is 3. The van der Waals surface area contributed by atoms with Crippen LogP contribution in [0.2, 0.25) is 0 Å². The van der Waals surface area contributed by atoms with E-state index in [1.54, 1.807) is 6.92 Å². The number of amides is 3. The van der Waals surface area contributed by atoms with E-state index in [9.17, 15) is 14.0 Å². The van der Waals surface area contributed by atoms with Gasteiger partial charge in [-0.25, -0.2) is 9.18 Å². The Bertz CT molecular complexity index is 756. The Balaban J connectivity index is 2.01. The SMILES string of the molecule is Cc1occc1C(=O)Nc1cc(NC(=O)NCCC(C)C)ccc1F. The maximum absolute atomic E-state index is 13.9. The van der Waals surface area contributed by atoms with Gasteiger partial charge in [0.15, 0.2) is 0 Å². The molecule has 1 aromatic heterocycles. The molecule has 0 aliphatic carbocycles. The van der Waals surface area contributed by atoms with Gasteiger partial charge in [-0.1, -0.05) is 13.8 Å². The number of hydrogen-bond acceptors (Lipinski definition) is 3. The van der Waals surface area contributed by atoms with Crippen molar-refractivity contribution in [3.8, 4) is 0 Å². The molecule has 2 aromatic rings. The van der Waals surface area contributed by atoms with Crippen molar-refractivity contribution < 1.29 is 18.4 Å². The van der Waals surface area contributed by atoms with Crippen LogP contribution in [0, 0.1) is 18.7 Å². The average Bonchev–Trinajstić information content (AvgIpc) is 2.96. The lowest BCUT2D eigenvalue weighted by molar-refractivity contribution is 0.102. The summed E-state index contributed by atoms with van der Waals surface area (Å²) >= 11 is 0. The third kappa shape index (κ3) is 5.34. The molecule has 0 fully saturated rings. The van der Waals surface area contributed by atoms with E-state index in [-0.39, 0.29) is 11.7 Å². The molecule has 0 radical (unpaired) electrons. The second-order valence-electron chi connectivity index (χ2n) is 6.10. The maximum atomic E-state index is 13.9. The highest BCUT2D eigenvalue weighted by Gasteiger charge is 2.14. The number of anilines is 2. The minimum atomic E-state index is -0.597. The number of rotatable bonds is 6. The minimum absolute atomic E-state index is 0.0226. The number of benzene rings is 1. The van der Waals surface area contributed by atoms with Crippen molar-refractivity contribution in [2.45, 2.75) is 27.2 Å². The Kier molecular flexibility index (Phi) is 6.16. The van der Waals surface area contributed by atoms with Gasteiger partial charge < -0.3 is 20.4 Å². The van der Waals surface area contributed by atoms with Crippen LogP contribution in [0.5, 0.6) is 0 Å². The summed E-state index contributed by atoms with van der Waals surface area (Å²) in [6.07, 6.45) is 2.25. The van der Waals surface area contributed by atoms with Gasteiger partial charge in [-0.05, 0) is 43.5 Å². The molecule has 1 heterocycles. The zero-order chi connectivity index (χ0) is 18.4. The van der Waals surface area contributed by atoms with Crippen LogP contribution in [0.1, 0.15) is 36.4 Å². The summed E-state index contributed by atoms with van der Waals surface area (Å²) in [5.41, 5.74) is 0.678. The number of urea groups is 1. The van der Waals surface area contributed by atoms with Gasteiger partial charge in [0.25, 0.3) is 5.91 Å². The zero-order valence-electron chi connectivity index (χ0n) is 14.5. The third-order valence-electron chi connectivity index (χ3n) is 3.58. The molecule has 0 bridgehead atoms. The number of furan rings is 1. The summed E-state index contributed by atoms with van der Waals surface area (Å²) < 4.78 is 19.0. The Morgan fingerprint density at radius 3 is 2.60 bits per heavy atom. The highest BCUT2D eigenvalue weighted by atomic mass is 19.1. The van der Waals surface area contributed by atoms with Crippen LogP contribution >= 0.6 is 0 Å². The molecule has 6 nitrogen and oxygen atoms in total. The fraction of sp³-hybridized carbons (Fsp3) is 0.333. The van der Waals surface area contributed by atoms with E-state index in [0.29, 0.717) is 29.5 Å². The lowest BCUT2D eigenvalue weighted by Crippen LogP contribution is -2.30. The normalized spacial score (nSPS) is 10.6. The van der Waals surface area contributed by atoms with Gasteiger partial charge in [0.2, 0.25) is 0 Å². The predicted molar refractivity (Wildman–Crippen MR) is 94.3 cm³/mol. The van der Waals surface area contributed by atoms with E-state index in [4.69, 9.17) is 4.42 Å². The number of carbonyl (C=O) groups excluding carboxylic acids is 2. The molecule has 0 spiro atoms. The fourth-order valence-corrected chi connectivity index (χ4v) is 2.16. The van der Waals surface area contributed by atoms with Crippen molar-refractivity contribution in [1.29, 1.82) is 0 Å². The van der Waals surface area contributed by atoms with Crippen LogP contribution in [0.15, 0.2) is 34.9 Å². The highest BCUT2D eigenvalue weighted by molar-refractivity contribution is 6.05. The van der Waals surface area contributed by atoms with Crippen molar-refractivity contribution in [2.24, 2.45) is 5.92 Å². The van der Waals surface area contributed by atoms with Crippen molar-refractivity contribution >= 4 is 23.3 Å². The summed E-state index contributed by atoms with van der Waals surface area (Å²) in [7, 11) is 0. The van der Waals surface area contributed by atoms with Gasteiger partial charge in [-0.2, -0.15) is 0 Å². The molecular formula is C18H22FN3O3. The van der Waals surface area contributed by atoms with Gasteiger partial charge >= 0.3 is 6.03 Å². The van der Waals surface area contributed by atoms with Crippen molar-refractivity contribution in [2.75, 3.05) is 17.2 Å². The molecule has 0 aliphatic heterocycles. The number of carbonyl (C=O) groups is 2. The summed E-state index contributed by atoms with van der Waals surface area (Å²) in [6, 6.07) is 5.10. The predicted octanol–water partition coefficient (Wildman–Crippen LogP) is 4.15. The number of halogens is 1. The van der Waals surface area contributed by atoms with Crippen molar-refractivity contribution in [3.05, 3.63) is 47.7 Å². The molecule has 0 unspecified atom stereocenters. The monoisotopic (exact) mass is 347 g/mol. The van der Waals surface area contributed by atoms with Crippen LogP contribution in [0.25, 0.3) is 0 Å². The Labute approximate surface area is 145 Å². The minimum Gasteiger partial charge on any atom is -0.469 e. The van der Waals surface area contributed by atoms with Crippen LogP contribution in [-0.2, 0) is 0 Å². The lowest BCUT2D eigenvalue weighted by Gasteiger charge is -2.11. The molecule has 25 heavy (non-hydrogen) atoms. The Morgan fingerprint density at radius 1 is 1.20 bits per heavy atom. The van der Waals surface area contributed by atoms with Gasteiger partial charge in [-0.15, -0.1) is 0 Å². The molecule has 0 aliphatic rings. The second-order valence-corrected chi connectivity index (χ2v) is 6.10. The Morgan fingerprint density at radius 2 is 1.96 bits per heavy atom. The lowest BCUT2D eigenvalue weighted by atomic mass is 10.1. The fourth-order valence-electron chi connectivity index (χ4n) is 2.16.